The van der Waals surface area contributed by atoms with Crippen LogP contribution in [-0.4, -0.2) is 48.9 Å². The van der Waals surface area contributed by atoms with Crippen molar-refractivity contribution in [1.82, 2.24) is 0 Å². The topological polar surface area (TPSA) is 57.0 Å². The van der Waals surface area contributed by atoms with Gasteiger partial charge in [-0.25, -0.2) is 0 Å². The van der Waals surface area contributed by atoms with Crippen LogP contribution in [0.25, 0.3) is 0 Å². The van der Waals surface area contributed by atoms with Gasteiger partial charge in [0.15, 0.2) is 0 Å². The monoisotopic (exact) mass is 351 g/mol. The van der Waals surface area contributed by atoms with Crippen molar-refractivity contribution in [1.29, 1.82) is 0 Å². The summed E-state index contributed by atoms with van der Waals surface area (Å²) in [5.74, 6) is 0. The molecule has 0 heterocycles. The summed E-state index contributed by atoms with van der Waals surface area (Å²) < 4.78 is 0. The Morgan fingerprint density at radius 2 is 0.750 bits per heavy atom. The van der Waals surface area contributed by atoms with Crippen molar-refractivity contribution in [2.45, 2.75) is 0 Å². The van der Waals surface area contributed by atoms with Gasteiger partial charge in [-0.15, -0.1) is 0 Å². The Morgan fingerprint density at radius 1 is 0.750 bits per heavy atom. The maximum atomic E-state index is 0. The maximum absolute atomic E-state index is 0. The van der Waals surface area contributed by atoms with Gasteiger partial charge >= 0.3 is 71.3 Å². The molecule has 16 valence electrons. The number of rotatable bonds is 0. The van der Waals surface area contributed by atoms with Crippen molar-refractivity contribution in [2.24, 2.45) is 0 Å². The fourth-order valence-corrected chi connectivity index (χ4v) is 0. The second-order valence-corrected chi connectivity index (χ2v) is 0. The number of hydrogen-bond acceptors (Lipinski definition) is 0. The van der Waals surface area contributed by atoms with Crippen LogP contribution < -0.4 is 0 Å². The van der Waals surface area contributed by atoms with Crippen molar-refractivity contribution < 1.29 is 33.3 Å². The van der Waals surface area contributed by atoms with Crippen LogP contribution in [0.4, 0.5) is 0 Å². The van der Waals surface area contributed by atoms with Crippen LogP contribution in [0.2, 0.25) is 0 Å². The van der Waals surface area contributed by atoms with E-state index in [1.165, 1.54) is 0 Å². The van der Waals surface area contributed by atoms with Gasteiger partial charge in [0.2, 0.25) is 0 Å². The van der Waals surface area contributed by atoms with Gasteiger partial charge in [0.1, 0.15) is 0 Å². The molecule has 0 aromatic rings. The zero-order valence-corrected chi connectivity index (χ0v) is 9.62. The smallest absolute Gasteiger partial charge is 2.00 e. The molecule has 0 radical (unpaired) electrons. The van der Waals surface area contributed by atoms with E-state index in [1.807, 2.05) is 0 Å². The van der Waals surface area contributed by atoms with E-state index in [9.17, 15) is 0 Å². The molecule has 0 saturated carbocycles. The molecule has 0 amide bonds. The van der Waals surface area contributed by atoms with Crippen LogP contribution in [0.5, 0.6) is 0 Å². The minimum Gasteiger partial charge on any atom is -2.00 e. The Labute approximate surface area is 80.5 Å². The van der Waals surface area contributed by atoms with E-state index in [0.717, 1.165) is 0 Å². The average molecular weight is 350 g/mol. The summed E-state index contributed by atoms with van der Waals surface area (Å²) in [5, 5.41) is 0. The fraction of sp³-hybridized carbons (Fsp3) is 0. The van der Waals surface area contributed by atoms with Gasteiger partial charge in [0.25, 0.3) is 0 Å². The predicted octanol–water partition coefficient (Wildman–Crippen LogP) is -0.621. The van der Waals surface area contributed by atoms with Crippen molar-refractivity contribution in [3.05, 3.63) is 0 Å². The zero-order valence-electron chi connectivity index (χ0n) is 1.97. The summed E-state index contributed by atoms with van der Waals surface area (Å²) in [6.07, 6.45) is 0. The summed E-state index contributed by atoms with van der Waals surface area (Å²) >= 11 is 0. The first-order valence-corrected chi connectivity index (χ1v) is 0. The normalized spacial score (nSPS) is 0. The van der Waals surface area contributed by atoms with Crippen molar-refractivity contribution in [3.8, 4) is 0 Å². The largest absolute Gasteiger partial charge is 5.00 e. The molecular formula is BaO2Ta+3. The molecule has 0 spiro atoms. The molecular weight excluding hydrogens is 350 g/mol. The summed E-state index contributed by atoms with van der Waals surface area (Å²) in [6, 6.07) is 0. The van der Waals surface area contributed by atoms with Crippen molar-refractivity contribution in [3.63, 3.8) is 0 Å². The molecule has 4 heavy (non-hydrogen) atoms. The summed E-state index contributed by atoms with van der Waals surface area (Å²) in [5.41, 5.74) is 0. The summed E-state index contributed by atoms with van der Waals surface area (Å²) in [7, 11) is 0. The third kappa shape index (κ3) is 8.87. The quantitative estimate of drug-likeness (QED) is 0.523. The molecule has 4 heteroatoms. The van der Waals surface area contributed by atoms with E-state index < -0.39 is 0 Å². The fourth-order valence-electron chi connectivity index (χ4n) is 0. The standard InChI is InChI=1S/Ba.2O.Ta/q+2;2*-2;+5. The van der Waals surface area contributed by atoms with E-state index in [4.69, 9.17) is 0 Å². The Bertz CT molecular complexity index is 6.00. The van der Waals surface area contributed by atoms with Gasteiger partial charge in [-0.3, -0.25) is 0 Å². The third-order valence-corrected chi connectivity index (χ3v) is 0. The second-order valence-electron chi connectivity index (χ2n) is 0. The summed E-state index contributed by atoms with van der Waals surface area (Å²) in [4.78, 5) is 0. The summed E-state index contributed by atoms with van der Waals surface area (Å²) in [6.45, 7) is 0. The van der Waals surface area contributed by atoms with E-state index >= 15 is 0 Å². The van der Waals surface area contributed by atoms with Gasteiger partial charge < -0.3 is 11.0 Å². The molecule has 0 rings (SSSR count). The van der Waals surface area contributed by atoms with Gasteiger partial charge in [-0.05, 0) is 0 Å². The van der Waals surface area contributed by atoms with E-state index in [-0.39, 0.29) is 82.2 Å². The van der Waals surface area contributed by atoms with Crippen molar-refractivity contribution >= 4 is 48.9 Å². The number of hydrogen-bond donors (Lipinski definition) is 0. The van der Waals surface area contributed by atoms with Crippen LogP contribution in [0.1, 0.15) is 0 Å². The molecule has 0 atom stereocenters. The zero-order chi connectivity index (χ0) is 0. The Balaban J connectivity index is 0. The molecule has 0 aromatic carbocycles. The molecule has 0 aliphatic rings. The first kappa shape index (κ1) is 34.2. The van der Waals surface area contributed by atoms with E-state index in [2.05, 4.69) is 0 Å². The first-order chi connectivity index (χ1) is 0. The van der Waals surface area contributed by atoms with Crippen LogP contribution in [-0.2, 0) is 33.3 Å². The van der Waals surface area contributed by atoms with E-state index in [1.54, 1.807) is 0 Å². The molecule has 0 N–H and O–H groups in total. The molecule has 0 bridgehead atoms. The molecule has 0 aromatic heterocycles. The third-order valence-electron chi connectivity index (χ3n) is 0. The molecule has 0 saturated heterocycles. The Hall–Kier alpha value is 2.23. The molecule has 0 aliphatic carbocycles. The van der Waals surface area contributed by atoms with Gasteiger partial charge in [-0.1, -0.05) is 0 Å². The Morgan fingerprint density at radius 3 is 0.750 bits per heavy atom. The second kappa shape index (κ2) is 18.8. The predicted molar refractivity (Wildman–Crippen MR) is 7.13 cm³/mol. The van der Waals surface area contributed by atoms with Crippen LogP contribution in [0.3, 0.4) is 0 Å². The SMILES string of the molecule is [Ba+2].[O-2].[O-2].[Ta+5]. The maximum Gasteiger partial charge on any atom is 5.00 e. The van der Waals surface area contributed by atoms with Gasteiger partial charge in [0, 0.05) is 0 Å². The average Bonchev–Trinajstić information content (AvgIpc) is 0. The Kier molecular flexibility index (Phi) is 161. The van der Waals surface area contributed by atoms with Crippen LogP contribution in [0, 0.1) is 0 Å². The van der Waals surface area contributed by atoms with Gasteiger partial charge in [0.05, 0.1) is 0 Å². The van der Waals surface area contributed by atoms with Crippen molar-refractivity contribution in [2.75, 3.05) is 0 Å². The van der Waals surface area contributed by atoms with Crippen LogP contribution in [0.15, 0.2) is 0 Å². The molecule has 0 unspecified atom stereocenters. The van der Waals surface area contributed by atoms with Crippen LogP contribution >= 0.6 is 0 Å². The van der Waals surface area contributed by atoms with Gasteiger partial charge in [-0.2, -0.15) is 0 Å². The molecule has 2 nitrogen and oxygen atoms in total. The molecule has 0 fully saturated rings. The van der Waals surface area contributed by atoms with E-state index in [0.29, 0.717) is 0 Å². The first-order valence-electron chi connectivity index (χ1n) is 0. The minimum atomic E-state index is 0. The minimum absolute atomic E-state index is 0. The molecule has 0 aliphatic heterocycles.